The van der Waals surface area contributed by atoms with Crippen molar-refractivity contribution in [2.24, 2.45) is 5.92 Å². The van der Waals surface area contributed by atoms with Crippen LogP contribution in [0.5, 0.6) is 0 Å². The number of allylic oxidation sites excluding steroid dienone is 3. The summed E-state index contributed by atoms with van der Waals surface area (Å²) in [7, 11) is 1.74. The molecule has 1 heteroatoms. The number of rotatable bonds is 5. The second-order valence-corrected chi connectivity index (χ2v) is 3.01. The Morgan fingerprint density at radius 1 is 1.50 bits per heavy atom. The molecule has 0 aromatic carbocycles. The fourth-order valence-corrected chi connectivity index (χ4v) is 1.00. The molecule has 0 aliphatic heterocycles. The van der Waals surface area contributed by atoms with Crippen molar-refractivity contribution in [3.8, 4) is 0 Å². The van der Waals surface area contributed by atoms with E-state index in [-0.39, 0.29) is 0 Å². The van der Waals surface area contributed by atoms with Gasteiger partial charge in [0.1, 0.15) is 0 Å². The molecule has 12 heavy (non-hydrogen) atoms. The fraction of sp³-hybridized carbons (Fsp3) is 0.636. The van der Waals surface area contributed by atoms with E-state index in [1.54, 1.807) is 7.11 Å². The normalized spacial score (nSPS) is 15.5. The Kier molecular flexibility index (Phi) is 6.78. The highest BCUT2D eigenvalue weighted by Gasteiger charge is 2.04. The van der Waals surface area contributed by atoms with E-state index in [9.17, 15) is 0 Å². The van der Waals surface area contributed by atoms with E-state index in [1.807, 2.05) is 13.0 Å². The van der Waals surface area contributed by atoms with Gasteiger partial charge in [0.2, 0.25) is 0 Å². The van der Waals surface area contributed by atoms with Crippen LogP contribution in [-0.4, -0.2) is 13.7 Å². The molecule has 0 aliphatic carbocycles. The fourth-order valence-electron chi connectivity index (χ4n) is 1.00. The maximum Gasteiger partial charge on any atom is 0.0678 e. The van der Waals surface area contributed by atoms with Gasteiger partial charge < -0.3 is 4.74 Å². The van der Waals surface area contributed by atoms with Crippen molar-refractivity contribution in [3.63, 3.8) is 0 Å². The first-order valence-electron chi connectivity index (χ1n) is 4.56. The van der Waals surface area contributed by atoms with Gasteiger partial charge >= 0.3 is 0 Å². The lowest BCUT2D eigenvalue weighted by Gasteiger charge is -2.12. The van der Waals surface area contributed by atoms with Crippen LogP contribution in [0.4, 0.5) is 0 Å². The van der Waals surface area contributed by atoms with Crippen LogP contribution < -0.4 is 0 Å². The topological polar surface area (TPSA) is 9.23 Å². The summed E-state index contributed by atoms with van der Waals surface area (Å²) in [6.45, 7) is 7.20. The third-order valence-electron chi connectivity index (χ3n) is 2.06. The molecule has 0 aromatic rings. The maximum absolute atomic E-state index is 5.12. The summed E-state index contributed by atoms with van der Waals surface area (Å²) in [5.74, 6) is 0.626. The molecular weight excluding hydrogens is 148 g/mol. The Hall–Kier alpha value is -0.560. The van der Waals surface area contributed by atoms with Gasteiger partial charge in [-0.25, -0.2) is 0 Å². The van der Waals surface area contributed by atoms with Crippen molar-refractivity contribution in [2.45, 2.75) is 27.2 Å². The number of hydrogen-bond donors (Lipinski definition) is 0. The zero-order valence-corrected chi connectivity index (χ0v) is 8.63. The first-order chi connectivity index (χ1) is 5.76. The molecular formula is C11H20O. The molecule has 1 unspecified atom stereocenters. The van der Waals surface area contributed by atoms with Crippen LogP contribution in [0.15, 0.2) is 23.8 Å². The van der Waals surface area contributed by atoms with E-state index < -0.39 is 0 Å². The van der Waals surface area contributed by atoms with Crippen molar-refractivity contribution >= 4 is 0 Å². The van der Waals surface area contributed by atoms with Crippen molar-refractivity contribution in [3.05, 3.63) is 23.8 Å². The zero-order chi connectivity index (χ0) is 9.40. The molecule has 0 N–H and O–H groups in total. The maximum atomic E-state index is 5.12. The second-order valence-electron chi connectivity index (χ2n) is 3.01. The molecule has 0 heterocycles. The Morgan fingerprint density at radius 3 is 2.58 bits per heavy atom. The lowest BCUT2D eigenvalue weighted by Crippen LogP contribution is -2.03. The Morgan fingerprint density at radius 2 is 2.17 bits per heavy atom. The third kappa shape index (κ3) is 4.35. The molecule has 0 saturated carbocycles. The minimum atomic E-state index is 0.626. The number of methoxy groups -OCH3 is 1. The summed E-state index contributed by atoms with van der Waals surface area (Å²) in [5, 5.41) is 0. The highest BCUT2D eigenvalue weighted by Crippen LogP contribution is 2.14. The zero-order valence-electron chi connectivity index (χ0n) is 8.63. The Bertz CT molecular complexity index is 156. The number of hydrogen-bond acceptors (Lipinski definition) is 1. The van der Waals surface area contributed by atoms with Crippen LogP contribution in [0, 0.1) is 5.92 Å². The lowest BCUT2D eigenvalue weighted by atomic mass is 9.99. The molecule has 0 aromatic heterocycles. The van der Waals surface area contributed by atoms with E-state index in [1.165, 1.54) is 12.0 Å². The molecule has 0 aliphatic rings. The van der Waals surface area contributed by atoms with Gasteiger partial charge in [-0.2, -0.15) is 0 Å². The summed E-state index contributed by atoms with van der Waals surface area (Å²) < 4.78 is 5.12. The molecule has 0 fully saturated rings. The van der Waals surface area contributed by atoms with Crippen molar-refractivity contribution in [1.29, 1.82) is 0 Å². The van der Waals surface area contributed by atoms with Crippen molar-refractivity contribution in [1.82, 2.24) is 0 Å². The predicted molar refractivity (Wildman–Crippen MR) is 54.2 cm³/mol. The van der Waals surface area contributed by atoms with Crippen molar-refractivity contribution < 1.29 is 4.74 Å². The molecule has 0 saturated heterocycles. The molecule has 0 radical (unpaired) electrons. The molecule has 0 spiro atoms. The van der Waals surface area contributed by atoms with Crippen molar-refractivity contribution in [2.75, 3.05) is 13.7 Å². The van der Waals surface area contributed by atoms with E-state index in [0.29, 0.717) is 5.92 Å². The molecule has 0 bridgehead atoms. The standard InChI is InChI=1S/C11H20O/c1-5-7-8-11(9-12-4)10(3)6-2/h5,7-8,10H,6,9H2,1-4H3/b7-5-,11-8+. The Balaban J connectivity index is 4.20. The average Bonchev–Trinajstić information content (AvgIpc) is 2.11. The minimum Gasteiger partial charge on any atom is -0.380 e. The van der Waals surface area contributed by atoms with E-state index in [2.05, 4.69) is 26.0 Å². The first kappa shape index (κ1) is 11.4. The van der Waals surface area contributed by atoms with Crippen LogP contribution in [0.25, 0.3) is 0 Å². The Labute approximate surface area is 76.1 Å². The van der Waals surface area contributed by atoms with Gasteiger partial charge in [0.05, 0.1) is 6.61 Å². The molecule has 1 nitrogen and oxygen atoms in total. The quantitative estimate of drug-likeness (QED) is 0.573. The van der Waals surface area contributed by atoms with E-state index in [0.717, 1.165) is 6.61 Å². The van der Waals surface area contributed by atoms with Gasteiger partial charge in [-0.3, -0.25) is 0 Å². The van der Waals surface area contributed by atoms with Crippen LogP contribution >= 0.6 is 0 Å². The lowest BCUT2D eigenvalue weighted by molar-refractivity contribution is 0.217. The van der Waals surface area contributed by atoms with E-state index >= 15 is 0 Å². The molecule has 70 valence electrons. The summed E-state index contributed by atoms with van der Waals surface area (Å²) in [5.41, 5.74) is 1.37. The summed E-state index contributed by atoms with van der Waals surface area (Å²) in [6, 6.07) is 0. The van der Waals surface area contributed by atoms with Gasteiger partial charge in [-0.15, -0.1) is 0 Å². The van der Waals surface area contributed by atoms with Gasteiger partial charge in [0.25, 0.3) is 0 Å². The SMILES string of the molecule is C/C=C\C=C(/COC)C(C)CC. The highest BCUT2D eigenvalue weighted by atomic mass is 16.5. The monoisotopic (exact) mass is 168 g/mol. The third-order valence-corrected chi connectivity index (χ3v) is 2.06. The molecule has 0 amide bonds. The predicted octanol–water partition coefficient (Wildman–Crippen LogP) is 3.18. The molecule has 0 rings (SSSR count). The summed E-state index contributed by atoms with van der Waals surface area (Å²) in [6.07, 6.45) is 7.43. The average molecular weight is 168 g/mol. The second kappa shape index (κ2) is 7.11. The van der Waals surface area contributed by atoms with Gasteiger partial charge in [-0.1, -0.05) is 32.1 Å². The van der Waals surface area contributed by atoms with Gasteiger partial charge in [0.15, 0.2) is 0 Å². The summed E-state index contributed by atoms with van der Waals surface area (Å²) in [4.78, 5) is 0. The summed E-state index contributed by atoms with van der Waals surface area (Å²) >= 11 is 0. The largest absolute Gasteiger partial charge is 0.380 e. The van der Waals surface area contributed by atoms with Crippen LogP contribution in [-0.2, 0) is 4.74 Å². The van der Waals surface area contributed by atoms with E-state index in [4.69, 9.17) is 4.74 Å². The minimum absolute atomic E-state index is 0.626. The van der Waals surface area contributed by atoms with Crippen LogP contribution in [0.3, 0.4) is 0 Å². The van der Waals surface area contributed by atoms with Gasteiger partial charge in [-0.05, 0) is 24.8 Å². The smallest absolute Gasteiger partial charge is 0.0678 e. The van der Waals surface area contributed by atoms with Gasteiger partial charge in [0, 0.05) is 7.11 Å². The number of ether oxygens (including phenoxy) is 1. The molecule has 1 atom stereocenters. The van der Waals surface area contributed by atoms with Crippen LogP contribution in [0.1, 0.15) is 27.2 Å². The van der Waals surface area contributed by atoms with Crippen LogP contribution in [0.2, 0.25) is 0 Å². The first-order valence-corrected chi connectivity index (χ1v) is 4.56. The highest BCUT2D eigenvalue weighted by molar-refractivity contribution is 5.14.